The van der Waals surface area contributed by atoms with Crippen LogP contribution in [0.25, 0.3) is 11.2 Å². The topological polar surface area (TPSA) is 132 Å². The van der Waals surface area contributed by atoms with E-state index < -0.39 is 23.7 Å². The number of para-hydroxylation sites is 2. The summed E-state index contributed by atoms with van der Waals surface area (Å²) < 4.78 is 14.3. The van der Waals surface area contributed by atoms with E-state index in [0.29, 0.717) is 11.4 Å². The normalized spacial score (nSPS) is 11.9. The molecule has 0 saturated carbocycles. The molecule has 11 nitrogen and oxygen atoms in total. The first-order valence-corrected chi connectivity index (χ1v) is 17.0. The molecule has 11 heteroatoms. The second kappa shape index (κ2) is 15.7. The summed E-state index contributed by atoms with van der Waals surface area (Å²) in [5.74, 6) is -0.681. The summed E-state index contributed by atoms with van der Waals surface area (Å²) in [6.45, 7) is 1.25. The smallest absolute Gasteiger partial charge is 0.389 e. The molecule has 0 spiro atoms. The van der Waals surface area contributed by atoms with Gasteiger partial charge in [-0.25, -0.2) is 14.7 Å². The second-order valence-corrected chi connectivity index (χ2v) is 12.2. The lowest BCUT2D eigenvalue weighted by molar-refractivity contribution is -0.114. The van der Waals surface area contributed by atoms with Gasteiger partial charge in [-0.1, -0.05) is 127 Å². The molecule has 1 atom stereocenters. The van der Waals surface area contributed by atoms with Crippen molar-refractivity contribution in [1.82, 2.24) is 19.5 Å². The minimum atomic E-state index is -1.04. The molecule has 264 valence electrons. The molecular weight excluding hydrogens is 668 g/mol. The third-order valence-electron chi connectivity index (χ3n) is 8.56. The molecular formula is C42H36N6O5. The van der Waals surface area contributed by atoms with E-state index in [2.05, 4.69) is 20.3 Å². The number of ether oxygens (including phenoxy) is 2. The summed E-state index contributed by atoms with van der Waals surface area (Å²) in [7, 11) is 0. The van der Waals surface area contributed by atoms with E-state index in [1.54, 1.807) is 28.8 Å². The van der Waals surface area contributed by atoms with E-state index in [0.717, 1.165) is 16.7 Å². The SMILES string of the molecule is CC(=O)Nc1nc(OC(=O)N(c2ccccc2)c2ccccc2)c2ncn(C[C@H](O)COC(c3ccccc3)(c3ccccc3)c3ccccc3)c2n1. The molecule has 53 heavy (non-hydrogen) atoms. The number of aliphatic hydroxyl groups excluding tert-OH is 1. The fourth-order valence-electron chi connectivity index (χ4n) is 6.25. The van der Waals surface area contributed by atoms with E-state index in [9.17, 15) is 14.7 Å². The minimum absolute atomic E-state index is 0.00894. The molecule has 2 amide bonds. The highest BCUT2D eigenvalue weighted by Crippen LogP contribution is 2.40. The lowest BCUT2D eigenvalue weighted by atomic mass is 9.80. The average Bonchev–Trinajstić information content (AvgIpc) is 3.59. The Morgan fingerprint density at radius 1 is 0.736 bits per heavy atom. The van der Waals surface area contributed by atoms with Crippen molar-refractivity contribution in [3.05, 3.63) is 175 Å². The molecule has 5 aromatic carbocycles. The van der Waals surface area contributed by atoms with Crippen molar-refractivity contribution in [1.29, 1.82) is 0 Å². The van der Waals surface area contributed by atoms with Crippen molar-refractivity contribution in [3.63, 3.8) is 0 Å². The molecule has 2 N–H and O–H groups in total. The number of carbonyl (C=O) groups excluding carboxylic acids is 2. The number of nitrogens with one attached hydrogen (secondary N) is 1. The first kappa shape index (κ1) is 34.7. The zero-order valence-corrected chi connectivity index (χ0v) is 28.8. The number of aliphatic hydroxyl groups is 1. The highest BCUT2D eigenvalue weighted by Gasteiger charge is 2.38. The summed E-state index contributed by atoms with van der Waals surface area (Å²) in [4.78, 5) is 40.7. The maximum Gasteiger partial charge on any atom is 0.425 e. The van der Waals surface area contributed by atoms with E-state index in [1.165, 1.54) is 18.2 Å². The Bertz CT molecular complexity index is 2150. The first-order valence-electron chi connectivity index (χ1n) is 17.0. The summed E-state index contributed by atoms with van der Waals surface area (Å²) >= 11 is 0. The first-order chi connectivity index (χ1) is 25.9. The van der Waals surface area contributed by atoms with Gasteiger partial charge in [0.25, 0.3) is 5.88 Å². The highest BCUT2D eigenvalue weighted by molar-refractivity contribution is 5.98. The number of nitrogens with zero attached hydrogens (tertiary/aromatic N) is 5. The number of rotatable bonds is 12. The molecule has 0 unspecified atom stereocenters. The summed E-state index contributed by atoms with van der Waals surface area (Å²) in [6, 6.07) is 47.8. The maximum atomic E-state index is 13.9. The number of imidazole rings is 1. The minimum Gasteiger partial charge on any atom is -0.389 e. The fourth-order valence-corrected chi connectivity index (χ4v) is 6.25. The number of carbonyl (C=O) groups is 2. The lowest BCUT2D eigenvalue weighted by Gasteiger charge is -2.36. The molecule has 2 aromatic heterocycles. The van der Waals surface area contributed by atoms with Gasteiger partial charge in [-0.15, -0.1) is 0 Å². The third kappa shape index (κ3) is 7.52. The standard InChI is InChI=1S/C42H36N6O5/c1-30(49)44-40-45-38-37(39(46-40)53-41(51)48(34-23-13-5-14-24-34)35-25-15-6-16-26-35)43-29-47(38)27-36(50)28-52-42(31-17-7-2-8-18-31,32-19-9-3-10-20-32)33-21-11-4-12-22-33/h2-26,29,36,50H,27-28H2,1H3,(H,44,45,46,49)/t36-/m0/s1. The van der Waals surface area contributed by atoms with Gasteiger partial charge in [0.1, 0.15) is 5.60 Å². The van der Waals surface area contributed by atoms with Gasteiger partial charge < -0.3 is 19.1 Å². The Balaban J connectivity index is 1.20. The Hall–Kier alpha value is -6.69. The quantitative estimate of drug-likeness (QED) is 0.125. The van der Waals surface area contributed by atoms with Crippen LogP contribution in [0.3, 0.4) is 0 Å². The monoisotopic (exact) mass is 704 g/mol. The van der Waals surface area contributed by atoms with Gasteiger partial charge in [-0.05, 0) is 41.0 Å². The second-order valence-electron chi connectivity index (χ2n) is 12.2. The number of benzene rings is 5. The molecule has 2 heterocycles. The summed E-state index contributed by atoms with van der Waals surface area (Å²) in [5.41, 5.74) is 3.20. The zero-order chi connectivity index (χ0) is 36.6. The number of hydrogen-bond donors (Lipinski definition) is 2. The average molecular weight is 705 g/mol. The van der Waals surface area contributed by atoms with Crippen molar-refractivity contribution < 1.29 is 24.2 Å². The van der Waals surface area contributed by atoms with Crippen LogP contribution in [0.1, 0.15) is 23.6 Å². The van der Waals surface area contributed by atoms with Crippen molar-refractivity contribution in [2.45, 2.75) is 25.2 Å². The number of amides is 2. The van der Waals surface area contributed by atoms with Gasteiger partial charge in [0.05, 0.1) is 37.0 Å². The van der Waals surface area contributed by atoms with Crippen LogP contribution >= 0.6 is 0 Å². The van der Waals surface area contributed by atoms with Gasteiger partial charge >= 0.3 is 6.09 Å². The van der Waals surface area contributed by atoms with Crippen molar-refractivity contribution >= 4 is 40.5 Å². The fraction of sp³-hybridized carbons (Fsp3) is 0.119. The molecule has 7 aromatic rings. The summed E-state index contributed by atoms with van der Waals surface area (Å²) in [6.07, 6.45) is -0.319. The molecule has 7 rings (SSSR count). The molecule has 0 aliphatic rings. The number of aromatic nitrogens is 4. The van der Waals surface area contributed by atoms with E-state index in [1.807, 2.05) is 127 Å². The molecule has 0 aliphatic heterocycles. The zero-order valence-electron chi connectivity index (χ0n) is 28.8. The molecule has 0 bridgehead atoms. The van der Waals surface area contributed by atoms with Gasteiger partial charge in [-0.2, -0.15) is 9.97 Å². The maximum absolute atomic E-state index is 13.9. The Labute approximate surface area is 306 Å². The third-order valence-corrected chi connectivity index (χ3v) is 8.56. The van der Waals surface area contributed by atoms with E-state index in [4.69, 9.17) is 9.47 Å². The van der Waals surface area contributed by atoms with E-state index >= 15 is 0 Å². The van der Waals surface area contributed by atoms with E-state index in [-0.39, 0.29) is 36.1 Å². The number of hydrogen-bond acceptors (Lipinski definition) is 8. The summed E-state index contributed by atoms with van der Waals surface area (Å²) in [5, 5.41) is 14.1. The van der Waals surface area contributed by atoms with Crippen LogP contribution in [0, 0.1) is 0 Å². The largest absolute Gasteiger partial charge is 0.425 e. The van der Waals surface area contributed by atoms with Gasteiger partial charge in [0.15, 0.2) is 11.2 Å². The van der Waals surface area contributed by atoms with Crippen molar-refractivity contribution in [2.24, 2.45) is 0 Å². The predicted molar refractivity (Wildman–Crippen MR) is 202 cm³/mol. The van der Waals surface area contributed by atoms with Crippen LogP contribution in [0.5, 0.6) is 5.88 Å². The van der Waals surface area contributed by atoms with Crippen LogP contribution in [0.2, 0.25) is 0 Å². The van der Waals surface area contributed by atoms with Crippen molar-refractivity contribution in [3.8, 4) is 5.88 Å². The Morgan fingerprint density at radius 3 is 1.68 bits per heavy atom. The van der Waals surface area contributed by atoms with Crippen molar-refractivity contribution in [2.75, 3.05) is 16.8 Å². The number of anilines is 3. The number of fused-ring (bicyclic) bond motifs is 1. The van der Waals surface area contributed by atoms with Gasteiger partial charge in [0.2, 0.25) is 11.9 Å². The molecule has 0 saturated heterocycles. The molecule has 0 radical (unpaired) electrons. The van der Waals surface area contributed by atoms with Gasteiger partial charge in [0, 0.05) is 6.92 Å². The molecule has 0 fully saturated rings. The van der Waals surface area contributed by atoms with Crippen LogP contribution < -0.4 is 15.0 Å². The Morgan fingerprint density at radius 2 is 1.21 bits per heavy atom. The Kier molecular flexibility index (Phi) is 10.3. The van der Waals surface area contributed by atoms with Crippen LogP contribution in [-0.4, -0.2) is 49.3 Å². The van der Waals surface area contributed by atoms with Gasteiger partial charge in [-0.3, -0.25) is 10.1 Å². The lowest BCUT2D eigenvalue weighted by Crippen LogP contribution is -2.36. The molecule has 0 aliphatic carbocycles. The van der Waals surface area contributed by atoms with Crippen LogP contribution in [0.15, 0.2) is 158 Å². The highest BCUT2D eigenvalue weighted by atomic mass is 16.6. The van der Waals surface area contributed by atoms with Crippen LogP contribution in [-0.2, 0) is 21.7 Å². The predicted octanol–water partition coefficient (Wildman–Crippen LogP) is 7.49. The van der Waals surface area contributed by atoms with Crippen LogP contribution in [0.4, 0.5) is 22.1 Å².